The monoisotopic (exact) mass is 587 g/mol. The van der Waals surface area contributed by atoms with Gasteiger partial charge in [0, 0.05) is 17.5 Å². The molecule has 3 unspecified atom stereocenters. The van der Waals surface area contributed by atoms with E-state index in [2.05, 4.69) is 10.0 Å². The van der Waals surface area contributed by atoms with Crippen LogP contribution in [0.2, 0.25) is 0 Å². The number of carboxylic acids is 1. The average Bonchev–Trinajstić information content (AvgIpc) is 3.22. The molecule has 0 radical (unpaired) electrons. The molecule has 0 saturated heterocycles. The highest BCUT2D eigenvalue weighted by Crippen LogP contribution is 2.64. The summed E-state index contributed by atoms with van der Waals surface area (Å²) in [6, 6.07) is 13.0. The van der Waals surface area contributed by atoms with E-state index in [1.807, 2.05) is 44.2 Å². The molecule has 0 aromatic heterocycles. The summed E-state index contributed by atoms with van der Waals surface area (Å²) in [4.78, 5) is 35.1. The van der Waals surface area contributed by atoms with E-state index in [1.165, 1.54) is 11.8 Å². The number of hydrogen-bond donors (Lipinski definition) is 3. The maximum atomic E-state index is 13.2. The number of ketones is 1. The number of nitrogens with one attached hydrogen (secondary N) is 2. The standard InChI is InChI=1S/C28H33N3O7S2/c1-27(2)21-11-12-28(27,24(32)15-21)17-40(37,38)30-23(26(33)34)13-18-7-9-19(10-8-18)20-5-4-6-22(14-20)29-25(39-3)16-31(35)36/h4-10,14,16,21,23,29-30H,11-13,15,17H2,1-3H3,(H,33,34)/b25-16-. The molecule has 2 aliphatic carbocycles. The third kappa shape index (κ3) is 6.08. The largest absolute Gasteiger partial charge is 0.480 e. The number of anilines is 1. The molecular weight excluding hydrogens is 554 g/mol. The average molecular weight is 588 g/mol. The molecular formula is C28H33N3O7S2. The Morgan fingerprint density at radius 2 is 1.93 bits per heavy atom. The van der Waals surface area contributed by atoms with Crippen molar-refractivity contribution in [2.75, 3.05) is 17.3 Å². The highest BCUT2D eigenvalue weighted by Gasteiger charge is 2.65. The fraction of sp³-hybridized carbons (Fsp3) is 0.429. The van der Waals surface area contributed by atoms with Gasteiger partial charge in [-0.2, -0.15) is 0 Å². The molecule has 2 aromatic carbocycles. The van der Waals surface area contributed by atoms with E-state index in [-0.39, 0.29) is 18.1 Å². The summed E-state index contributed by atoms with van der Waals surface area (Å²) < 4.78 is 28.7. The van der Waals surface area contributed by atoms with Gasteiger partial charge in [-0.25, -0.2) is 13.1 Å². The van der Waals surface area contributed by atoms with Crippen LogP contribution in [0.1, 0.15) is 38.7 Å². The Hall–Kier alpha value is -3.22. The van der Waals surface area contributed by atoms with Gasteiger partial charge in [-0.15, -0.1) is 11.8 Å². The van der Waals surface area contributed by atoms with E-state index in [0.29, 0.717) is 29.1 Å². The maximum absolute atomic E-state index is 13.2. The van der Waals surface area contributed by atoms with Crippen molar-refractivity contribution < 1.29 is 28.0 Å². The molecule has 0 amide bonds. The molecule has 3 atom stereocenters. The highest BCUT2D eigenvalue weighted by atomic mass is 32.2. The summed E-state index contributed by atoms with van der Waals surface area (Å²) in [7, 11) is -4.06. The molecule has 10 nitrogen and oxygen atoms in total. The lowest BCUT2D eigenvalue weighted by molar-refractivity contribution is -0.402. The summed E-state index contributed by atoms with van der Waals surface area (Å²) in [5.41, 5.74) is 1.55. The van der Waals surface area contributed by atoms with E-state index in [9.17, 15) is 33.2 Å². The molecule has 0 heterocycles. The molecule has 4 rings (SSSR count). The Balaban J connectivity index is 1.46. The minimum absolute atomic E-state index is 0.0423. The van der Waals surface area contributed by atoms with Crippen molar-refractivity contribution in [3.05, 3.63) is 75.4 Å². The van der Waals surface area contributed by atoms with Crippen LogP contribution in [-0.4, -0.2) is 48.3 Å². The van der Waals surface area contributed by atoms with Gasteiger partial charge in [0.25, 0.3) is 6.20 Å². The molecule has 214 valence electrons. The Morgan fingerprint density at radius 3 is 2.48 bits per heavy atom. The van der Waals surface area contributed by atoms with Crippen LogP contribution in [-0.2, 0) is 26.0 Å². The molecule has 2 saturated carbocycles. The Bertz CT molecular complexity index is 1450. The predicted molar refractivity (Wildman–Crippen MR) is 155 cm³/mol. The lowest BCUT2D eigenvalue weighted by atomic mass is 9.70. The molecule has 0 spiro atoms. The van der Waals surface area contributed by atoms with Crippen molar-refractivity contribution in [1.29, 1.82) is 0 Å². The van der Waals surface area contributed by atoms with Gasteiger partial charge in [0.1, 0.15) is 16.9 Å². The number of carboxylic acid groups (broad SMARTS) is 1. The summed E-state index contributed by atoms with van der Waals surface area (Å²) >= 11 is 1.21. The number of Topliss-reactive ketones (excluding diaryl/α,β-unsaturated/α-hetero) is 1. The number of thioether (sulfide) groups is 1. The van der Waals surface area contributed by atoms with Crippen molar-refractivity contribution in [3.63, 3.8) is 0 Å². The zero-order chi connectivity index (χ0) is 29.3. The maximum Gasteiger partial charge on any atom is 0.322 e. The predicted octanol–water partition coefficient (Wildman–Crippen LogP) is 4.51. The van der Waals surface area contributed by atoms with Crippen LogP contribution in [0.25, 0.3) is 11.1 Å². The Morgan fingerprint density at radius 1 is 1.23 bits per heavy atom. The minimum Gasteiger partial charge on any atom is -0.480 e. The van der Waals surface area contributed by atoms with Gasteiger partial charge in [-0.05, 0) is 65.7 Å². The number of carbonyl (C=O) groups excluding carboxylic acids is 1. The topological polar surface area (TPSA) is 156 Å². The van der Waals surface area contributed by atoms with Crippen LogP contribution in [0.3, 0.4) is 0 Å². The lowest BCUT2D eigenvalue weighted by Gasteiger charge is -2.36. The van der Waals surface area contributed by atoms with Crippen LogP contribution in [0.4, 0.5) is 5.69 Å². The minimum atomic E-state index is -4.06. The number of benzene rings is 2. The van der Waals surface area contributed by atoms with Crippen molar-refractivity contribution in [1.82, 2.24) is 4.72 Å². The molecule has 2 aromatic rings. The highest BCUT2D eigenvalue weighted by molar-refractivity contribution is 8.02. The van der Waals surface area contributed by atoms with Crippen LogP contribution in [0, 0.1) is 26.9 Å². The van der Waals surface area contributed by atoms with Gasteiger partial charge in [-0.3, -0.25) is 19.7 Å². The van der Waals surface area contributed by atoms with Crippen LogP contribution < -0.4 is 10.0 Å². The van der Waals surface area contributed by atoms with E-state index >= 15 is 0 Å². The smallest absolute Gasteiger partial charge is 0.322 e. The van der Waals surface area contributed by atoms with Crippen LogP contribution in [0.15, 0.2) is 59.8 Å². The number of nitro groups is 1. The Kier molecular flexibility index (Phi) is 8.44. The summed E-state index contributed by atoms with van der Waals surface area (Å²) in [5, 5.41) is 24.0. The lowest BCUT2D eigenvalue weighted by Crippen LogP contribution is -2.49. The van der Waals surface area contributed by atoms with Crippen LogP contribution in [0.5, 0.6) is 0 Å². The van der Waals surface area contributed by atoms with E-state index in [4.69, 9.17) is 0 Å². The van der Waals surface area contributed by atoms with Gasteiger partial charge in [0.05, 0.1) is 10.7 Å². The molecule has 2 aliphatic rings. The second-order valence-corrected chi connectivity index (χ2v) is 13.6. The number of aliphatic carboxylic acids is 1. The zero-order valence-electron chi connectivity index (χ0n) is 22.5. The van der Waals surface area contributed by atoms with Crippen molar-refractivity contribution in [2.45, 2.75) is 45.6 Å². The molecule has 12 heteroatoms. The van der Waals surface area contributed by atoms with Gasteiger partial charge >= 0.3 is 5.97 Å². The summed E-state index contributed by atoms with van der Waals surface area (Å²) in [5.74, 6) is -1.58. The number of hydrogen-bond acceptors (Lipinski definition) is 8. The zero-order valence-corrected chi connectivity index (χ0v) is 24.2. The second-order valence-electron chi connectivity index (χ2n) is 11.0. The fourth-order valence-corrected chi connectivity index (χ4v) is 8.53. The normalized spacial score (nSPS) is 22.7. The van der Waals surface area contributed by atoms with E-state index in [1.54, 1.807) is 24.5 Å². The first-order valence-electron chi connectivity index (χ1n) is 12.9. The number of carbonyl (C=O) groups is 2. The van der Waals surface area contributed by atoms with E-state index < -0.39 is 43.5 Å². The summed E-state index contributed by atoms with van der Waals surface area (Å²) in [6.45, 7) is 3.89. The SMILES string of the molecule is CS/C(=C\[N+](=O)[O-])Nc1cccc(-c2ccc(CC(NS(=O)(=O)CC34CCC(CC3=O)C4(C)C)C(=O)O)cc2)c1. The van der Waals surface area contributed by atoms with Gasteiger partial charge in [0.15, 0.2) is 0 Å². The first-order chi connectivity index (χ1) is 18.8. The first kappa shape index (κ1) is 29.8. The summed E-state index contributed by atoms with van der Waals surface area (Å²) in [6.07, 6.45) is 4.25. The molecule has 2 fully saturated rings. The molecule has 2 bridgehead atoms. The van der Waals surface area contributed by atoms with Crippen LogP contribution >= 0.6 is 11.8 Å². The van der Waals surface area contributed by atoms with Crippen molar-refractivity contribution in [2.24, 2.45) is 16.7 Å². The number of rotatable bonds is 12. The fourth-order valence-electron chi connectivity index (χ4n) is 6.09. The quantitative estimate of drug-likeness (QED) is 0.240. The molecule has 3 N–H and O–H groups in total. The van der Waals surface area contributed by atoms with Crippen molar-refractivity contribution >= 4 is 39.2 Å². The molecule has 40 heavy (non-hydrogen) atoms. The third-order valence-corrected chi connectivity index (χ3v) is 10.7. The van der Waals surface area contributed by atoms with E-state index in [0.717, 1.165) is 23.7 Å². The second kappa shape index (κ2) is 11.3. The van der Waals surface area contributed by atoms with Gasteiger partial charge in [-0.1, -0.05) is 50.2 Å². The number of nitrogens with zero attached hydrogens (tertiary/aromatic N) is 1. The Labute approximate surface area is 237 Å². The van der Waals surface area contributed by atoms with Gasteiger partial charge < -0.3 is 10.4 Å². The molecule has 0 aliphatic heterocycles. The number of fused-ring (bicyclic) bond motifs is 2. The van der Waals surface area contributed by atoms with Gasteiger partial charge in [0.2, 0.25) is 10.0 Å². The first-order valence-corrected chi connectivity index (χ1v) is 15.8. The number of sulfonamides is 1. The van der Waals surface area contributed by atoms with Crippen molar-refractivity contribution in [3.8, 4) is 11.1 Å². The third-order valence-electron chi connectivity index (χ3n) is 8.50.